The molecule has 0 aromatic heterocycles. The number of piperazine rings is 1. The number of rotatable bonds is 16. The van der Waals surface area contributed by atoms with Crippen molar-refractivity contribution >= 4 is 60.5 Å². The van der Waals surface area contributed by atoms with Crippen LogP contribution in [0.1, 0.15) is 53.9 Å². The van der Waals surface area contributed by atoms with Gasteiger partial charge in [0.25, 0.3) is 25.8 Å². The van der Waals surface area contributed by atoms with E-state index in [4.69, 9.17) is 16.3 Å². The first kappa shape index (κ1) is 47.1. The van der Waals surface area contributed by atoms with Crippen LogP contribution in [0.4, 0.5) is 24.5 Å². The third-order valence-corrected chi connectivity index (χ3v) is 16.4. The Morgan fingerprint density at radius 1 is 0.825 bits per heavy atom. The number of benzene rings is 4. The lowest BCUT2D eigenvalue weighted by atomic mass is 9.75. The van der Waals surface area contributed by atoms with E-state index in [-0.39, 0.29) is 5.56 Å². The Labute approximate surface area is 377 Å². The molecule has 2 aliphatic heterocycles. The topological polar surface area (TPSA) is 128 Å². The van der Waals surface area contributed by atoms with Gasteiger partial charge in [-0.05, 0) is 103 Å². The summed E-state index contributed by atoms with van der Waals surface area (Å²) < 4.78 is 103. The maximum atomic E-state index is 14.2. The Balaban J connectivity index is 1.00. The summed E-state index contributed by atoms with van der Waals surface area (Å²) in [5.41, 5.74) is -3.92. The summed E-state index contributed by atoms with van der Waals surface area (Å²) in [5, 5.41) is 3.73. The molecule has 1 unspecified atom stereocenters. The highest BCUT2D eigenvalue weighted by Gasteiger charge is 2.48. The number of morpholine rings is 1. The van der Waals surface area contributed by atoms with Gasteiger partial charge < -0.3 is 15.0 Å². The molecule has 3 fully saturated rings. The summed E-state index contributed by atoms with van der Waals surface area (Å²) in [5.74, 6) is 0.425. The van der Waals surface area contributed by atoms with Crippen LogP contribution in [0.5, 0.6) is 0 Å². The number of nitrogens with zero attached hydrogens (tertiary/aromatic N) is 3. The van der Waals surface area contributed by atoms with Crippen LogP contribution in [0, 0.1) is 5.92 Å². The van der Waals surface area contributed by atoms with E-state index in [9.17, 15) is 34.8 Å². The maximum absolute atomic E-state index is 14.2. The summed E-state index contributed by atoms with van der Waals surface area (Å²) in [7, 11) is -10.9. The second-order valence-corrected chi connectivity index (χ2v) is 21.4. The van der Waals surface area contributed by atoms with Crippen LogP contribution in [-0.4, -0.2) is 115 Å². The number of sulfonamides is 1. The van der Waals surface area contributed by atoms with Gasteiger partial charge in [-0.3, -0.25) is 14.6 Å². The highest BCUT2D eigenvalue weighted by Crippen LogP contribution is 2.39. The van der Waals surface area contributed by atoms with Crippen molar-refractivity contribution in [3.63, 3.8) is 0 Å². The Morgan fingerprint density at radius 2 is 1.51 bits per heavy atom. The molecule has 1 saturated carbocycles. The SMILES string of the molecule is O=C(NS(=O)(=O)c1ccc(N[C@H](CCN2CCOCC2)CSc2ccccc2)c(S(=O)(=O)C(F)(F)F)c1)c1ccc(N2CCN(CC3CCCC[C@@H]3c3ccc(Cl)cc3)CC2)cc1. The van der Waals surface area contributed by atoms with E-state index in [1.54, 1.807) is 12.1 Å². The summed E-state index contributed by atoms with van der Waals surface area (Å²) in [6.07, 6.45) is 5.26. The molecule has 3 atom stereocenters. The molecule has 4 aromatic rings. The third-order valence-electron chi connectivity index (χ3n) is 12.1. The molecular weight excluding hydrogens is 895 g/mol. The first-order chi connectivity index (χ1) is 30.2. The van der Waals surface area contributed by atoms with Gasteiger partial charge in [0.1, 0.15) is 4.90 Å². The number of sulfone groups is 1. The molecule has 2 saturated heterocycles. The fraction of sp³-hybridized carbons (Fsp3) is 0.444. The van der Waals surface area contributed by atoms with Crippen molar-refractivity contribution in [3.05, 3.63) is 113 Å². The first-order valence-corrected chi connectivity index (χ1v) is 25.6. The number of anilines is 2. The molecule has 1 aliphatic carbocycles. The van der Waals surface area contributed by atoms with Gasteiger partial charge in [0, 0.05) is 85.3 Å². The number of amides is 1. The largest absolute Gasteiger partial charge is 0.501 e. The zero-order valence-electron chi connectivity index (χ0n) is 34.8. The van der Waals surface area contributed by atoms with Crippen molar-refractivity contribution in [3.8, 4) is 0 Å². The fourth-order valence-electron chi connectivity index (χ4n) is 8.59. The molecule has 3 aliphatic rings. The first-order valence-electron chi connectivity index (χ1n) is 21.3. The molecule has 11 nitrogen and oxygen atoms in total. The standard InChI is InChI=1S/C45H53ClF3N5O6S3/c46-36-14-10-33(11-15-36)41-9-5-4-6-35(41)31-53-22-24-54(25-23-53)38-16-12-34(13-17-38)44(55)51-63(58,59)40-18-19-42(43(30-40)62(56,57)45(47,48)49)50-37(20-21-52-26-28-60-29-27-52)32-61-39-7-2-1-3-8-39/h1-3,7-8,10-19,30,35,37,41,50H,4-6,9,20-29,31-32H2,(H,51,55)/t35?,37-,41-/m1/s1. The molecule has 1 amide bonds. The van der Waals surface area contributed by atoms with Gasteiger partial charge in [-0.1, -0.05) is 54.8 Å². The minimum atomic E-state index is -6.05. The predicted octanol–water partition coefficient (Wildman–Crippen LogP) is 8.14. The zero-order chi connectivity index (χ0) is 44.6. The van der Waals surface area contributed by atoms with E-state index >= 15 is 0 Å². The molecule has 2 N–H and O–H groups in total. The van der Waals surface area contributed by atoms with Crippen LogP contribution in [0.2, 0.25) is 5.02 Å². The van der Waals surface area contributed by atoms with E-state index < -0.39 is 52.8 Å². The van der Waals surface area contributed by atoms with Gasteiger partial charge in [0.15, 0.2) is 0 Å². The van der Waals surface area contributed by atoms with Crippen LogP contribution < -0.4 is 14.9 Å². The molecule has 4 aromatic carbocycles. The Hall–Kier alpha value is -3.84. The van der Waals surface area contributed by atoms with Gasteiger partial charge in [0.05, 0.1) is 23.8 Å². The number of hydrogen-bond acceptors (Lipinski definition) is 11. The van der Waals surface area contributed by atoms with Crippen LogP contribution in [0.15, 0.2) is 112 Å². The van der Waals surface area contributed by atoms with Gasteiger partial charge >= 0.3 is 5.51 Å². The number of carbonyl (C=O) groups excluding carboxylic acids is 1. The highest BCUT2D eigenvalue weighted by atomic mass is 35.5. The second-order valence-electron chi connectivity index (χ2n) is 16.3. The molecule has 340 valence electrons. The molecule has 0 spiro atoms. The number of alkyl halides is 3. The van der Waals surface area contributed by atoms with E-state index in [2.05, 4.69) is 32.1 Å². The Morgan fingerprint density at radius 3 is 2.19 bits per heavy atom. The quantitative estimate of drug-likeness (QED) is 0.106. The molecule has 18 heteroatoms. The van der Waals surface area contributed by atoms with Crippen molar-refractivity contribution in [2.24, 2.45) is 5.92 Å². The minimum absolute atomic E-state index is 0.00644. The summed E-state index contributed by atoms with van der Waals surface area (Å²) in [4.78, 5) is 19.0. The maximum Gasteiger partial charge on any atom is 0.501 e. The summed E-state index contributed by atoms with van der Waals surface area (Å²) >= 11 is 7.61. The van der Waals surface area contributed by atoms with Crippen molar-refractivity contribution in [1.29, 1.82) is 0 Å². The Bertz CT molecular complexity index is 2370. The molecular formula is C45H53ClF3N5O6S3. The van der Waals surface area contributed by atoms with Crippen molar-refractivity contribution < 1.29 is 39.5 Å². The molecule has 0 radical (unpaired) electrons. The molecule has 63 heavy (non-hydrogen) atoms. The van der Waals surface area contributed by atoms with Crippen LogP contribution in [0.3, 0.4) is 0 Å². The van der Waals surface area contributed by atoms with Gasteiger partial charge in [-0.25, -0.2) is 21.6 Å². The minimum Gasteiger partial charge on any atom is -0.380 e. The van der Waals surface area contributed by atoms with Crippen molar-refractivity contribution in [1.82, 2.24) is 14.5 Å². The average molecular weight is 949 g/mol. The average Bonchev–Trinajstić information content (AvgIpc) is 3.28. The van der Waals surface area contributed by atoms with E-state index in [1.165, 1.54) is 55.1 Å². The number of thioether (sulfide) groups is 1. The number of carbonyl (C=O) groups is 1. The van der Waals surface area contributed by atoms with Gasteiger partial charge in [-0.15, -0.1) is 11.8 Å². The van der Waals surface area contributed by atoms with Crippen molar-refractivity contribution in [2.45, 2.75) is 64.3 Å². The second kappa shape index (κ2) is 21.0. The lowest BCUT2D eigenvalue weighted by molar-refractivity contribution is -0.0435. The number of ether oxygens (including phenoxy) is 1. The molecule has 7 rings (SSSR count). The van der Waals surface area contributed by atoms with E-state index in [0.29, 0.717) is 62.9 Å². The number of nitrogens with one attached hydrogen (secondary N) is 2. The third kappa shape index (κ3) is 12.3. The van der Waals surface area contributed by atoms with E-state index in [0.717, 1.165) is 60.5 Å². The fourth-order valence-corrected chi connectivity index (χ4v) is 11.7. The number of halogens is 4. The zero-order valence-corrected chi connectivity index (χ0v) is 38.0. The lowest BCUT2D eigenvalue weighted by Crippen LogP contribution is -2.48. The van der Waals surface area contributed by atoms with Gasteiger partial charge in [0.2, 0.25) is 0 Å². The Kier molecular flexibility index (Phi) is 15.7. The van der Waals surface area contributed by atoms with E-state index in [1.807, 2.05) is 47.2 Å². The predicted molar refractivity (Wildman–Crippen MR) is 242 cm³/mol. The lowest BCUT2D eigenvalue weighted by Gasteiger charge is -2.40. The van der Waals surface area contributed by atoms with Crippen LogP contribution in [0.25, 0.3) is 0 Å². The van der Waals surface area contributed by atoms with Crippen molar-refractivity contribution in [2.75, 3.05) is 81.5 Å². The van der Waals surface area contributed by atoms with Gasteiger partial charge in [-0.2, -0.15) is 13.2 Å². The number of hydrogen-bond donors (Lipinski definition) is 2. The monoisotopic (exact) mass is 947 g/mol. The summed E-state index contributed by atoms with van der Waals surface area (Å²) in [6.45, 7) is 7.32. The normalized spacial score (nSPS) is 20.0. The van der Waals surface area contributed by atoms with Crippen LogP contribution >= 0.6 is 23.4 Å². The summed E-state index contributed by atoms with van der Waals surface area (Å²) in [6, 6.07) is 26.0. The highest BCUT2D eigenvalue weighted by molar-refractivity contribution is 7.99. The molecule has 0 bridgehead atoms. The molecule has 2 heterocycles. The van der Waals surface area contributed by atoms with Crippen LogP contribution in [-0.2, 0) is 24.6 Å². The smallest absolute Gasteiger partial charge is 0.380 e.